The van der Waals surface area contributed by atoms with Crippen LogP contribution in [0.3, 0.4) is 0 Å². The summed E-state index contributed by atoms with van der Waals surface area (Å²) >= 11 is 0. The van der Waals surface area contributed by atoms with Gasteiger partial charge >= 0.3 is 12.1 Å². The molecule has 6 nitrogen and oxygen atoms in total. The van der Waals surface area contributed by atoms with Gasteiger partial charge in [0, 0.05) is 6.42 Å². The average molecular weight is 330 g/mol. The molecule has 1 N–H and O–H groups in total. The molecule has 0 unspecified atom stereocenters. The lowest BCUT2D eigenvalue weighted by atomic mass is 9.90. The first kappa shape index (κ1) is 17.7. The predicted molar refractivity (Wildman–Crippen MR) is 91.6 cm³/mol. The van der Waals surface area contributed by atoms with Crippen LogP contribution in [-0.4, -0.2) is 30.0 Å². The summed E-state index contributed by atoms with van der Waals surface area (Å²) in [5.74, 6) is -0.408. The van der Waals surface area contributed by atoms with E-state index in [1.54, 1.807) is 33.8 Å². The Morgan fingerprint density at radius 3 is 2.62 bits per heavy atom. The van der Waals surface area contributed by atoms with Gasteiger partial charge in [0.15, 0.2) is 0 Å². The number of esters is 1. The molecular weight excluding hydrogens is 308 g/mol. The van der Waals surface area contributed by atoms with Gasteiger partial charge in [-0.2, -0.15) is 5.10 Å². The molecule has 1 aliphatic carbocycles. The minimum absolute atomic E-state index is 0.293. The number of fused-ring (bicyclic) bond motifs is 1. The molecule has 0 aromatic heterocycles. The van der Waals surface area contributed by atoms with Gasteiger partial charge < -0.3 is 9.47 Å². The van der Waals surface area contributed by atoms with Crippen molar-refractivity contribution in [2.75, 3.05) is 6.61 Å². The molecule has 0 heterocycles. The van der Waals surface area contributed by atoms with Crippen molar-refractivity contribution in [1.29, 1.82) is 0 Å². The lowest BCUT2D eigenvalue weighted by molar-refractivity contribution is -0.136. The molecule has 24 heavy (non-hydrogen) atoms. The van der Waals surface area contributed by atoms with Crippen LogP contribution in [0.25, 0.3) is 5.57 Å². The maximum absolute atomic E-state index is 12.2. The van der Waals surface area contributed by atoms with Crippen LogP contribution in [0.5, 0.6) is 0 Å². The van der Waals surface area contributed by atoms with E-state index in [0.29, 0.717) is 24.3 Å². The normalized spacial score (nSPS) is 15.3. The number of nitrogens with one attached hydrogen (secondary N) is 1. The van der Waals surface area contributed by atoms with E-state index >= 15 is 0 Å². The van der Waals surface area contributed by atoms with Gasteiger partial charge in [0.25, 0.3) is 0 Å². The van der Waals surface area contributed by atoms with Gasteiger partial charge in [0.1, 0.15) is 5.60 Å². The van der Waals surface area contributed by atoms with Crippen LogP contribution < -0.4 is 5.43 Å². The van der Waals surface area contributed by atoms with E-state index in [2.05, 4.69) is 10.5 Å². The number of amides is 1. The Balaban J connectivity index is 2.23. The van der Waals surface area contributed by atoms with Crippen molar-refractivity contribution in [1.82, 2.24) is 5.43 Å². The third-order valence-electron chi connectivity index (χ3n) is 3.18. The quantitative estimate of drug-likeness (QED) is 0.682. The number of allylic oxidation sites excluding steroid dienone is 1. The van der Waals surface area contributed by atoms with E-state index in [-0.39, 0.29) is 0 Å². The van der Waals surface area contributed by atoms with Crippen LogP contribution >= 0.6 is 0 Å². The average Bonchev–Trinajstić information content (AvgIpc) is 2.50. The first-order chi connectivity index (χ1) is 11.3. The molecular formula is C18H22N2O4. The van der Waals surface area contributed by atoms with E-state index in [4.69, 9.17) is 9.47 Å². The first-order valence-corrected chi connectivity index (χ1v) is 7.83. The van der Waals surface area contributed by atoms with Gasteiger partial charge in [-0.05, 0) is 44.9 Å². The molecule has 1 amide bonds. The fraction of sp³-hybridized carbons (Fsp3) is 0.389. The summed E-state index contributed by atoms with van der Waals surface area (Å²) in [6.07, 6.45) is 1.51. The summed E-state index contributed by atoms with van der Waals surface area (Å²) in [7, 11) is 0. The SMILES string of the molecule is CCOC(=O)C1=CC(=NNC(=O)OC(C)(C)C)Cc2ccccc21. The van der Waals surface area contributed by atoms with E-state index in [0.717, 1.165) is 11.1 Å². The highest BCUT2D eigenvalue weighted by Gasteiger charge is 2.22. The van der Waals surface area contributed by atoms with Crippen molar-refractivity contribution in [2.24, 2.45) is 5.10 Å². The van der Waals surface area contributed by atoms with Gasteiger partial charge in [-0.3, -0.25) is 0 Å². The number of ether oxygens (including phenoxy) is 2. The summed E-state index contributed by atoms with van der Waals surface area (Å²) in [5, 5.41) is 4.07. The zero-order chi connectivity index (χ0) is 17.7. The van der Waals surface area contributed by atoms with Crippen LogP contribution in [0.4, 0.5) is 4.79 Å². The lowest BCUT2D eigenvalue weighted by Crippen LogP contribution is -2.30. The molecule has 0 fully saturated rings. The Labute approximate surface area is 141 Å². The molecule has 0 atom stereocenters. The van der Waals surface area contributed by atoms with Gasteiger partial charge in [0.05, 0.1) is 17.9 Å². The number of hydrogen-bond acceptors (Lipinski definition) is 5. The van der Waals surface area contributed by atoms with E-state index in [1.807, 2.05) is 24.3 Å². The highest BCUT2D eigenvalue weighted by Crippen LogP contribution is 2.26. The number of carbonyl (C=O) groups excluding carboxylic acids is 2. The molecule has 0 spiro atoms. The molecule has 128 valence electrons. The summed E-state index contributed by atoms with van der Waals surface area (Å²) in [5.41, 5.74) is 4.53. The Bertz CT molecular complexity index is 699. The Morgan fingerprint density at radius 2 is 1.96 bits per heavy atom. The van der Waals surface area contributed by atoms with Crippen molar-refractivity contribution >= 4 is 23.3 Å². The van der Waals surface area contributed by atoms with Crippen molar-refractivity contribution in [3.05, 3.63) is 41.5 Å². The van der Waals surface area contributed by atoms with Crippen molar-refractivity contribution in [3.63, 3.8) is 0 Å². The molecule has 1 aliphatic rings. The molecule has 0 bridgehead atoms. The molecule has 1 aromatic rings. The van der Waals surface area contributed by atoms with E-state index in [1.165, 1.54) is 0 Å². The maximum atomic E-state index is 12.2. The van der Waals surface area contributed by atoms with Gasteiger partial charge in [-0.15, -0.1) is 0 Å². The minimum atomic E-state index is -0.639. The minimum Gasteiger partial charge on any atom is -0.462 e. The highest BCUT2D eigenvalue weighted by molar-refractivity contribution is 6.24. The number of benzene rings is 1. The van der Waals surface area contributed by atoms with Crippen molar-refractivity contribution in [2.45, 2.75) is 39.7 Å². The summed E-state index contributed by atoms with van der Waals surface area (Å²) in [6, 6.07) is 7.56. The second-order valence-corrected chi connectivity index (χ2v) is 6.33. The zero-order valence-corrected chi connectivity index (χ0v) is 14.4. The summed E-state index contributed by atoms with van der Waals surface area (Å²) in [6.45, 7) is 7.37. The third-order valence-corrected chi connectivity index (χ3v) is 3.18. The third kappa shape index (κ3) is 4.68. The fourth-order valence-corrected chi connectivity index (χ4v) is 2.30. The topological polar surface area (TPSA) is 77.0 Å². The number of hydrogen-bond donors (Lipinski definition) is 1. The maximum Gasteiger partial charge on any atom is 0.428 e. The van der Waals surface area contributed by atoms with Crippen molar-refractivity contribution < 1.29 is 19.1 Å². The number of carbonyl (C=O) groups is 2. The van der Waals surface area contributed by atoms with E-state index in [9.17, 15) is 9.59 Å². The summed E-state index contributed by atoms with van der Waals surface area (Å²) in [4.78, 5) is 23.9. The van der Waals surface area contributed by atoms with Crippen LogP contribution in [-0.2, 0) is 20.7 Å². The molecule has 0 aliphatic heterocycles. The molecule has 0 saturated carbocycles. The molecule has 0 radical (unpaired) electrons. The van der Waals surface area contributed by atoms with Crippen LogP contribution in [0.1, 0.15) is 38.8 Å². The smallest absolute Gasteiger partial charge is 0.428 e. The van der Waals surface area contributed by atoms with Gasteiger partial charge in [-0.25, -0.2) is 15.0 Å². The molecule has 1 aromatic carbocycles. The predicted octanol–water partition coefficient (Wildman–Crippen LogP) is 3.07. The Kier molecular flexibility index (Phi) is 5.39. The second-order valence-electron chi connectivity index (χ2n) is 6.33. The number of rotatable bonds is 3. The Hall–Kier alpha value is -2.63. The second kappa shape index (κ2) is 7.29. The van der Waals surface area contributed by atoms with Crippen molar-refractivity contribution in [3.8, 4) is 0 Å². The number of nitrogens with zero attached hydrogens (tertiary/aromatic N) is 1. The zero-order valence-electron chi connectivity index (χ0n) is 14.4. The lowest BCUT2D eigenvalue weighted by Gasteiger charge is -2.20. The Morgan fingerprint density at radius 1 is 1.25 bits per heavy atom. The van der Waals surface area contributed by atoms with Crippen LogP contribution in [0.2, 0.25) is 0 Å². The molecule has 0 saturated heterocycles. The standard InChI is InChI=1S/C18H22N2O4/c1-5-23-16(21)15-11-13(10-12-8-6-7-9-14(12)15)19-20-17(22)24-18(2,3)4/h6-9,11H,5,10H2,1-4H3,(H,20,22). The summed E-state index contributed by atoms with van der Waals surface area (Å²) < 4.78 is 10.2. The first-order valence-electron chi connectivity index (χ1n) is 7.83. The van der Waals surface area contributed by atoms with E-state index < -0.39 is 17.7 Å². The monoisotopic (exact) mass is 330 g/mol. The highest BCUT2D eigenvalue weighted by atomic mass is 16.6. The van der Waals surface area contributed by atoms with Gasteiger partial charge in [0.2, 0.25) is 0 Å². The largest absolute Gasteiger partial charge is 0.462 e. The number of hydrazone groups is 1. The molecule has 6 heteroatoms. The fourth-order valence-electron chi connectivity index (χ4n) is 2.30. The van der Waals surface area contributed by atoms with Crippen LogP contribution in [0.15, 0.2) is 35.4 Å². The molecule has 2 rings (SSSR count). The van der Waals surface area contributed by atoms with Crippen LogP contribution in [0, 0.1) is 0 Å². The van der Waals surface area contributed by atoms with Gasteiger partial charge in [-0.1, -0.05) is 24.3 Å².